The van der Waals surface area contributed by atoms with E-state index in [1.165, 1.54) is 5.56 Å². The maximum absolute atomic E-state index is 12.1. The number of rotatable bonds is 9. The normalized spacial score (nSPS) is 13.4. The van der Waals surface area contributed by atoms with E-state index in [0.29, 0.717) is 31.7 Å². The number of hydrogen-bond acceptors (Lipinski definition) is 3. The van der Waals surface area contributed by atoms with Crippen molar-refractivity contribution in [3.05, 3.63) is 48.2 Å². The fourth-order valence-corrected chi connectivity index (χ4v) is 2.65. The number of aromatic nitrogens is 2. The number of anilines is 1. The minimum Gasteiger partial charge on any atom is -0.356 e. The van der Waals surface area contributed by atoms with Gasteiger partial charge < -0.3 is 10.6 Å². The number of nitrogens with one attached hydrogen (secondary N) is 2. The van der Waals surface area contributed by atoms with Crippen molar-refractivity contribution in [2.75, 3.05) is 11.9 Å². The molecule has 1 aliphatic rings. The van der Waals surface area contributed by atoms with Crippen molar-refractivity contribution in [3.8, 4) is 0 Å². The average molecular weight is 340 g/mol. The third kappa shape index (κ3) is 5.45. The molecule has 0 spiro atoms. The molecule has 2 aromatic rings. The van der Waals surface area contributed by atoms with E-state index in [4.69, 9.17) is 0 Å². The standard InChI is InChI=1S/C19H24N4O2/c24-18(7-4-12-20-19(25)16-8-9-16)22-17-10-13-21-23(17)14-11-15-5-2-1-3-6-15/h1-3,5-6,10,13,16H,4,7-9,11-12,14H2,(H,20,25)(H,22,24). The van der Waals surface area contributed by atoms with Crippen LogP contribution in [0.15, 0.2) is 42.6 Å². The summed E-state index contributed by atoms with van der Waals surface area (Å²) in [5.41, 5.74) is 1.24. The van der Waals surface area contributed by atoms with E-state index in [2.05, 4.69) is 27.9 Å². The lowest BCUT2D eigenvalue weighted by Gasteiger charge is -2.09. The molecule has 2 amide bonds. The van der Waals surface area contributed by atoms with E-state index < -0.39 is 0 Å². The summed E-state index contributed by atoms with van der Waals surface area (Å²) in [7, 11) is 0. The van der Waals surface area contributed by atoms with Gasteiger partial charge in [0, 0.05) is 31.5 Å². The van der Waals surface area contributed by atoms with Crippen LogP contribution in [0, 0.1) is 5.92 Å². The molecule has 1 fully saturated rings. The third-order valence-corrected chi connectivity index (χ3v) is 4.27. The molecule has 1 aliphatic carbocycles. The van der Waals surface area contributed by atoms with Gasteiger partial charge in [-0.15, -0.1) is 0 Å². The van der Waals surface area contributed by atoms with Crippen LogP contribution in [0.3, 0.4) is 0 Å². The highest BCUT2D eigenvalue weighted by molar-refractivity contribution is 5.89. The van der Waals surface area contributed by atoms with Crippen molar-refractivity contribution in [2.45, 2.75) is 38.6 Å². The van der Waals surface area contributed by atoms with Gasteiger partial charge in [0.2, 0.25) is 11.8 Å². The summed E-state index contributed by atoms with van der Waals surface area (Å²) in [5, 5.41) is 10.0. The van der Waals surface area contributed by atoms with Gasteiger partial charge in [-0.2, -0.15) is 5.10 Å². The minimum atomic E-state index is -0.0536. The summed E-state index contributed by atoms with van der Waals surface area (Å²) in [6.45, 7) is 1.26. The molecule has 0 bridgehead atoms. The van der Waals surface area contributed by atoms with E-state index in [-0.39, 0.29) is 17.7 Å². The largest absolute Gasteiger partial charge is 0.356 e. The number of carbonyl (C=O) groups is 2. The molecule has 0 radical (unpaired) electrons. The number of aryl methyl sites for hydroxylation is 2. The summed E-state index contributed by atoms with van der Waals surface area (Å²) in [6.07, 6.45) is 5.57. The van der Waals surface area contributed by atoms with Crippen molar-refractivity contribution in [1.29, 1.82) is 0 Å². The van der Waals surface area contributed by atoms with Gasteiger partial charge in [0.1, 0.15) is 5.82 Å². The topological polar surface area (TPSA) is 76.0 Å². The second kappa shape index (κ2) is 8.46. The molecule has 25 heavy (non-hydrogen) atoms. The molecule has 0 aliphatic heterocycles. The zero-order valence-corrected chi connectivity index (χ0v) is 14.3. The molecule has 2 N–H and O–H groups in total. The quantitative estimate of drug-likeness (QED) is 0.688. The monoisotopic (exact) mass is 340 g/mol. The van der Waals surface area contributed by atoms with E-state index in [1.54, 1.807) is 16.9 Å². The zero-order valence-electron chi connectivity index (χ0n) is 14.3. The number of benzene rings is 1. The summed E-state index contributed by atoms with van der Waals surface area (Å²) in [4.78, 5) is 23.6. The Kier molecular flexibility index (Phi) is 5.82. The molecule has 0 saturated heterocycles. The average Bonchev–Trinajstić information content (AvgIpc) is 3.39. The van der Waals surface area contributed by atoms with E-state index in [1.807, 2.05) is 18.2 Å². The molecule has 3 rings (SSSR count). The van der Waals surface area contributed by atoms with Crippen molar-refractivity contribution in [3.63, 3.8) is 0 Å². The Morgan fingerprint density at radius 3 is 2.72 bits per heavy atom. The Balaban J connectivity index is 1.39. The number of hydrogen-bond donors (Lipinski definition) is 2. The molecule has 1 aromatic heterocycles. The Bertz CT molecular complexity index is 707. The zero-order chi connectivity index (χ0) is 17.5. The van der Waals surface area contributed by atoms with Gasteiger partial charge in [-0.05, 0) is 31.2 Å². The molecule has 6 heteroatoms. The molecule has 6 nitrogen and oxygen atoms in total. The van der Waals surface area contributed by atoms with Crippen LogP contribution in [0.5, 0.6) is 0 Å². The van der Waals surface area contributed by atoms with Gasteiger partial charge in [0.05, 0.1) is 6.20 Å². The van der Waals surface area contributed by atoms with E-state index >= 15 is 0 Å². The SMILES string of the molecule is O=C(CCCNC(=O)C1CC1)Nc1ccnn1CCc1ccccc1. The first-order valence-electron chi connectivity index (χ1n) is 8.85. The first-order chi connectivity index (χ1) is 12.2. The van der Waals surface area contributed by atoms with Gasteiger partial charge in [-0.3, -0.25) is 9.59 Å². The molecule has 132 valence electrons. The fourth-order valence-electron chi connectivity index (χ4n) is 2.65. The Morgan fingerprint density at radius 1 is 1.16 bits per heavy atom. The molecule has 1 aromatic carbocycles. The Morgan fingerprint density at radius 2 is 1.96 bits per heavy atom. The van der Waals surface area contributed by atoms with Crippen molar-refractivity contribution < 1.29 is 9.59 Å². The first kappa shape index (κ1) is 17.2. The highest BCUT2D eigenvalue weighted by atomic mass is 16.2. The van der Waals surface area contributed by atoms with Gasteiger partial charge in [-0.25, -0.2) is 4.68 Å². The second-order valence-corrected chi connectivity index (χ2v) is 6.39. The molecular weight excluding hydrogens is 316 g/mol. The van der Waals surface area contributed by atoms with Crippen LogP contribution in [0.2, 0.25) is 0 Å². The maximum atomic E-state index is 12.1. The third-order valence-electron chi connectivity index (χ3n) is 4.27. The van der Waals surface area contributed by atoms with Crippen LogP contribution in [-0.4, -0.2) is 28.1 Å². The lowest BCUT2D eigenvalue weighted by atomic mass is 10.1. The number of nitrogens with zero attached hydrogens (tertiary/aromatic N) is 2. The lowest BCUT2D eigenvalue weighted by Crippen LogP contribution is -2.26. The van der Waals surface area contributed by atoms with Crippen LogP contribution in [0.1, 0.15) is 31.2 Å². The molecule has 1 saturated carbocycles. The van der Waals surface area contributed by atoms with E-state index in [0.717, 1.165) is 19.3 Å². The smallest absolute Gasteiger partial charge is 0.225 e. The molecule has 0 atom stereocenters. The summed E-state index contributed by atoms with van der Waals surface area (Å²) in [6, 6.07) is 12.0. The van der Waals surface area contributed by atoms with Crippen molar-refractivity contribution in [1.82, 2.24) is 15.1 Å². The van der Waals surface area contributed by atoms with Gasteiger partial charge in [0.25, 0.3) is 0 Å². The van der Waals surface area contributed by atoms with Crippen molar-refractivity contribution in [2.24, 2.45) is 5.92 Å². The number of amides is 2. The van der Waals surface area contributed by atoms with Gasteiger partial charge >= 0.3 is 0 Å². The highest BCUT2D eigenvalue weighted by Gasteiger charge is 2.28. The second-order valence-electron chi connectivity index (χ2n) is 6.39. The summed E-state index contributed by atoms with van der Waals surface area (Å²) in [5.74, 6) is 0.997. The fraction of sp³-hybridized carbons (Fsp3) is 0.421. The number of carbonyl (C=O) groups excluding carboxylic acids is 2. The lowest BCUT2D eigenvalue weighted by molar-refractivity contribution is -0.122. The Labute approximate surface area is 147 Å². The highest BCUT2D eigenvalue weighted by Crippen LogP contribution is 2.28. The van der Waals surface area contributed by atoms with Crippen LogP contribution >= 0.6 is 0 Å². The van der Waals surface area contributed by atoms with Crippen molar-refractivity contribution >= 4 is 17.6 Å². The predicted octanol–water partition coefficient (Wildman–Crippen LogP) is 2.37. The summed E-state index contributed by atoms with van der Waals surface area (Å²) < 4.78 is 1.81. The van der Waals surface area contributed by atoms with Crippen LogP contribution in [0.25, 0.3) is 0 Å². The van der Waals surface area contributed by atoms with Crippen LogP contribution < -0.4 is 10.6 Å². The predicted molar refractivity (Wildman–Crippen MR) is 96.0 cm³/mol. The summed E-state index contributed by atoms with van der Waals surface area (Å²) >= 11 is 0. The Hall–Kier alpha value is -2.63. The molecule has 0 unspecified atom stereocenters. The van der Waals surface area contributed by atoms with Gasteiger partial charge in [-0.1, -0.05) is 30.3 Å². The molecule has 1 heterocycles. The first-order valence-corrected chi connectivity index (χ1v) is 8.85. The minimum absolute atomic E-state index is 0.0536. The van der Waals surface area contributed by atoms with Crippen LogP contribution in [0.4, 0.5) is 5.82 Å². The van der Waals surface area contributed by atoms with Crippen LogP contribution in [-0.2, 0) is 22.6 Å². The van der Waals surface area contributed by atoms with Gasteiger partial charge in [0.15, 0.2) is 0 Å². The van der Waals surface area contributed by atoms with E-state index in [9.17, 15) is 9.59 Å². The molecular formula is C19H24N4O2. The maximum Gasteiger partial charge on any atom is 0.225 e.